The van der Waals surface area contributed by atoms with E-state index in [1.54, 1.807) is 24.3 Å². The van der Waals surface area contributed by atoms with E-state index in [1.165, 1.54) is 6.07 Å². The maximum absolute atomic E-state index is 12.7. The first-order valence-electron chi connectivity index (χ1n) is 5.49. The van der Waals surface area contributed by atoms with Gasteiger partial charge in [-0.2, -0.15) is 13.2 Å². The topological polar surface area (TPSA) is 13.1 Å². The Morgan fingerprint density at radius 3 is 2.32 bits per heavy atom. The molecule has 2 aromatic carbocycles. The van der Waals surface area contributed by atoms with Crippen LogP contribution in [0.25, 0.3) is 21.9 Å². The Kier molecular flexibility index (Phi) is 2.60. The minimum atomic E-state index is -4.39. The highest BCUT2D eigenvalue weighted by atomic mass is 32.1. The summed E-state index contributed by atoms with van der Waals surface area (Å²) >= 11 is 5.25. The van der Waals surface area contributed by atoms with Gasteiger partial charge in [0.25, 0.3) is 0 Å². The predicted octanol–water partition coefficient (Wildman–Crippen LogP) is 5.33. The SMILES string of the molecule is FC(F)(F)c1ccc2oc3ccccc3c(=S)c2c1. The standard InChI is InChI=1S/C14H7F3OS/c15-14(16,17)8-5-6-12-10(7-8)13(19)9-3-1-2-4-11(9)18-12/h1-7H. The first-order valence-corrected chi connectivity index (χ1v) is 5.90. The summed E-state index contributed by atoms with van der Waals surface area (Å²) < 4.78 is 44.0. The maximum atomic E-state index is 12.7. The van der Waals surface area contributed by atoms with Crippen molar-refractivity contribution >= 4 is 34.2 Å². The molecule has 0 saturated heterocycles. The van der Waals surface area contributed by atoms with Crippen LogP contribution < -0.4 is 0 Å². The Hall–Kier alpha value is -1.88. The third-order valence-corrected chi connectivity index (χ3v) is 3.34. The van der Waals surface area contributed by atoms with Crippen LogP contribution in [-0.4, -0.2) is 0 Å². The molecule has 0 aliphatic rings. The highest BCUT2D eigenvalue weighted by Crippen LogP contribution is 2.33. The van der Waals surface area contributed by atoms with Gasteiger partial charge in [-0.05, 0) is 30.3 Å². The molecule has 1 aromatic heterocycles. The molecule has 19 heavy (non-hydrogen) atoms. The van der Waals surface area contributed by atoms with E-state index in [4.69, 9.17) is 16.6 Å². The molecule has 0 unspecified atom stereocenters. The third-order valence-electron chi connectivity index (χ3n) is 2.90. The van der Waals surface area contributed by atoms with Crippen molar-refractivity contribution in [1.82, 2.24) is 0 Å². The van der Waals surface area contributed by atoms with Crippen LogP contribution in [0.1, 0.15) is 5.56 Å². The molecule has 0 atom stereocenters. The Bertz CT molecular complexity index is 833. The molecule has 3 rings (SSSR count). The average molecular weight is 280 g/mol. The summed E-state index contributed by atoms with van der Waals surface area (Å²) in [5.41, 5.74) is 0.202. The second kappa shape index (κ2) is 4.06. The summed E-state index contributed by atoms with van der Waals surface area (Å²) in [7, 11) is 0. The zero-order valence-electron chi connectivity index (χ0n) is 9.49. The van der Waals surface area contributed by atoms with Gasteiger partial charge >= 0.3 is 6.18 Å². The van der Waals surface area contributed by atoms with E-state index in [9.17, 15) is 13.2 Å². The number of benzene rings is 2. The van der Waals surface area contributed by atoms with Gasteiger partial charge in [0.05, 0.1) is 10.1 Å². The van der Waals surface area contributed by atoms with Gasteiger partial charge in [0.2, 0.25) is 0 Å². The lowest BCUT2D eigenvalue weighted by molar-refractivity contribution is -0.137. The Morgan fingerprint density at radius 1 is 0.895 bits per heavy atom. The summed E-state index contributed by atoms with van der Waals surface area (Å²) in [6, 6.07) is 10.4. The van der Waals surface area contributed by atoms with Crippen molar-refractivity contribution in [2.24, 2.45) is 0 Å². The van der Waals surface area contributed by atoms with E-state index >= 15 is 0 Å². The van der Waals surface area contributed by atoms with Gasteiger partial charge < -0.3 is 4.42 Å². The monoisotopic (exact) mass is 280 g/mol. The molecule has 1 heterocycles. The summed E-state index contributed by atoms with van der Waals surface area (Å²) in [5, 5.41) is 0.952. The first-order chi connectivity index (χ1) is 8.97. The Labute approximate surface area is 111 Å². The quantitative estimate of drug-likeness (QED) is 0.407. The largest absolute Gasteiger partial charge is 0.456 e. The fraction of sp³-hybridized carbons (Fsp3) is 0.0714. The number of hydrogen-bond donors (Lipinski definition) is 0. The van der Waals surface area contributed by atoms with Crippen LogP contribution in [-0.2, 0) is 6.18 Å². The van der Waals surface area contributed by atoms with Crippen LogP contribution in [0.3, 0.4) is 0 Å². The molecule has 0 fully saturated rings. The van der Waals surface area contributed by atoms with Crippen LogP contribution in [0, 0.1) is 4.51 Å². The van der Waals surface area contributed by atoms with Crippen molar-refractivity contribution in [1.29, 1.82) is 0 Å². The number of rotatable bonds is 0. The van der Waals surface area contributed by atoms with Crippen molar-refractivity contribution in [3.05, 3.63) is 52.5 Å². The highest BCUT2D eigenvalue weighted by molar-refractivity contribution is 7.72. The molecular formula is C14H7F3OS. The Morgan fingerprint density at radius 2 is 1.58 bits per heavy atom. The summed E-state index contributed by atoms with van der Waals surface area (Å²) in [4.78, 5) is 0. The van der Waals surface area contributed by atoms with Crippen LogP contribution in [0.4, 0.5) is 13.2 Å². The van der Waals surface area contributed by atoms with E-state index in [-0.39, 0.29) is 0 Å². The van der Waals surface area contributed by atoms with Crippen molar-refractivity contribution < 1.29 is 17.6 Å². The smallest absolute Gasteiger partial charge is 0.416 e. The molecule has 0 aliphatic heterocycles. The van der Waals surface area contributed by atoms with Crippen LogP contribution >= 0.6 is 12.2 Å². The molecule has 0 amide bonds. The minimum absolute atomic E-state index is 0.309. The van der Waals surface area contributed by atoms with E-state index in [0.29, 0.717) is 26.4 Å². The van der Waals surface area contributed by atoms with Gasteiger partial charge in [-0.25, -0.2) is 0 Å². The second-order valence-corrected chi connectivity index (χ2v) is 4.54. The number of para-hydroxylation sites is 1. The summed E-state index contributed by atoms with van der Waals surface area (Å²) in [5.74, 6) is 0. The van der Waals surface area contributed by atoms with Gasteiger partial charge in [0, 0.05) is 10.8 Å². The molecule has 5 heteroatoms. The molecule has 0 N–H and O–H groups in total. The summed E-state index contributed by atoms with van der Waals surface area (Å²) in [6.07, 6.45) is -4.39. The van der Waals surface area contributed by atoms with Gasteiger partial charge in [-0.1, -0.05) is 24.4 Å². The predicted molar refractivity (Wildman–Crippen MR) is 69.6 cm³/mol. The zero-order valence-corrected chi connectivity index (χ0v) is 10.3. The van der Waals surface area contributed by atoms with E-state index < -0.39 is 11.7 Å². The lowest BCUT2D eigenvalue weighted by atomic mass is 10.1. The van der Waals surface area contributed by atoms with Crippen molar-refractivity contribution in [2.45, 2.75) is 6.18 Å². The number of fused-ring (bicyclic) bond motifs is 2. The van der Waals surface area contributed by atoms with E-state index in [2.05, 4.69) is 0 Å². The van der Waals surface area contributed by atoms with E-state index in [0.717, 1.165) is 12.1 Å². The van der Waals surface area contributed by atoms with E-state index in [1.807, 2.05) is 0 Å². The van der Waals surface area contributed by atoms with Crippen LogP contribution in [0.15, 0.2) is 46.9 Å². The third kappa shape index (κ3) is 2.00. The number of alkyl halides is 3. The van der Waals surface area contributed by atoms with Crippen LogP contribution in [0.5, 0.6) is 0 Å². The first kappa shape index (κ1) is 12.2. The van der Waals surface area contributed by atoms with Crippen molar-refractivity contribution in [3.8, 4) is 0 Å². The molecule has 3 aromatic rings. The molecule has 96 valence electrons. The normalized spacial score (nSPS) is 12.2. The minimum Gasteiger partial charge on any atom is -0.456 e. The number of hydrogen-bond acceptors (Lipinski definition) is 2. The molecule has 1 nitrogen and oxygen atoms in total. The van der Waals surface area contributed by atoms with Crippen molar-refractivity contribution in [2.75, 3.05) is 0 Å². The van der Waals surface area contributed by atoms with Gasteiger partial charge in [0.15, 0.2) is 0 Å². The van der Waals surface area contributed by atoms with Crippen molar-refractivity contribution in [3.63, 3.8) is 0 Å². The maximum Gasteiger partial charge on any atom is 0.416 e. The molecule has 0 aliphatic carbocycles. The fourth-order valence-electron chi connectivity index (χ4n) is 1.98. The molecule has 0 radical (unpaired) electrons. The fourth-order valence-corrected chi connectivity index (χ4v) is 2.31. The lowest BCUT2D eigenvalue weighted by Gasteiger charge is -2.08. The molecule has 0 saturated carbocycles. The van der Waals surface area contributed by atoms with Gasteiger partial charge in [-0.3, -0.25) is 0 Å². The highest BCUT2D eigenvalue weighted by Gasteiger charge is 2.30. The van der Waals surface area contributed by atoms with Gasteiger partial charge in [0.1, 0.15) is 11.2 Å². The lowest BCUT2D eigenvalue weighted by Crippen LogP contribution is -2.04. The van der Waals surface area contributed by atoms with Crippen LogP contribution in [0.2, 0.25) is 0 Å². The average Bonchev–Trinajstić information content (AvgIpc) is 2.37. The number of halogens is 3. The molecule has 0 bridgehead atoms. The zero-order chi connectivity index (χ0) is 13.6. The molecule has 0 spiro atoms. The Balaban J connectivity index is 2.43. The summed E-state index contributed by atoms with van der Waals surface area (Å²) in [6.45, 7) is 0. The second-order valence-electron chi connectivity index (χ2n) is 4.14. The van der Waals surface area contributed by atoms with Gasteiger partial charge in [-0.15, -0.1) is 0 Å². The molecular weight excluding hydrogens is 273 g/mol.